The van der Waals surface area contributed by atoms with Gasteiger partial charge in [0.2, 0.25) is 0 Å². The number of nitrogens with zero attached hydrogens (tertiary/aromatic N) is 1. The highest BCUT2D eigenvalue weighted by atomic mass is 15.3. The average Bonchev–Trinajstić information content (AvgIpc) is 2.98. The van der Waals surface area contributed by atoms with Crippen LogP contribution in [0.25, 0.3) is 0 Å². The normalized spacial score (nSPS) is 49.3. The molecule has 3 unspecified atom stereocenters. The van der Waals surface area contributed by atoms with Gasteiger partial charge in [0.25, 0.3) is 0 Å². The average molecular weight is 386 g/mol. The highest BCUT2D eigenvalue weighted by Crippen LogP contribution is 2.60. The van der Waals surface area contributed by atoms with Crippen LogP contribution < -0.4 is 10.6 Å². The second kappa shape index (κ2) is 6.20. The highest BCUT2D eigenvalue weighted by Gasteiger charge is 2.58. The zero-order valence-corrected chi connectivity index (χ0v) is 18.5. The molecular formula is C25H43N3. The zero-order valence-electron chi connectivity index (χ0n) is 18.5. The lowest BCUT2D eigenvalue weighted by Crippen LogP contribution is -2.56. The Bertz CT molecular complexity index is 611. The molecule has 3 atom stereocenters. The number of rotatable bonds is 3. The van der Waals surface area contributed by atoms with Crippen molar-refractivity contribution in [2.75, 3.05) is 19.6 Å². The molecule has 3 aliphatic carbocycles. The van der Waals surface area contributed by atoms with Crippen LogP contribution >= 0.6 is 0 Å². The molecule has 0 aromatic heterocycles. The van der Waals surface area contributed by atoms with E-state index in [2.05, 4.69) is 29.4 Å². The summed E-state index contributed by atoms with van der Waals surface area (Å²) in [6.07, 6.45) is 19.2. The van der Waals surface area contributed by atoms with E-state index in [4.69, 9.17) is 0 Å². The maximum absolute atomic E-state index is 4.03. The second-order valence-electron chi connectivity index (χ2n) is 12.7. The Morgan fingerprint density at radius 3 is 1.96 bits per heavy atom. The summed E-state index contributed by atoms with van der Waals surface area (Å²) in [6.45, 7) is 8.99. The first-order valence-corrected chi connectivity index (χ1v) is 12.7. The van der Waals surface area contributed by atoms with Crippen LogP contribution in [0.15, 0.2) is 0 Å². The maximum atomic E-state index is 4.03. The molecular weight excluding hydrogens is 342 g/mol. The maximum Gasteiger partial charge on any atom is 0.0227 e. The Hall–Kier alpha value is -0.120. The summed E-state index contributed by atoms with van der Waals surface area (Å²) < 4.78 is 0. The van der Waals surface area contributed by atoms with Gasteiger partial charge in [0.05, 0.1) is 0 Å². The summed E-state index contributed by atoms with van der Waals surface area (Å²) in [5.74, 6) is 0. The van der Waals surface area contributed by atoms with Gasteiger partial charge in [0.15, 0.2) is 0 Å². The Morgan fingerprint density at radius 2 is 1.43 bits per heavy atom. The molecule has 3 heterocycles. The lowest BCUT2D eigenvalue weighted by atomic mass is 9.63. The van der Waals surface area contributed by atoms with Crippen molar-refractivity contribution in [3.05, 3.63) is 0 Å². The van der Waals surface area contributed by atoms with Gasteiger partial charge in [-0.05, 0) is 107 Å². The van der Waals surface area contributed by atoms with Crippen LogP contribution in [0.4, 0.5) is 0 Å². The fourth-order valence-corrected chi connectivity index (χ4v) is 8.60. The van der Waals surface area contributed by atoms with Crippen molar-refractivity contribution >= 4 is 0 Å². The number of likely N-dealkylation sites (tertiary alicyclic amines) is 1. The monoisotopic (exact) mass is 385 g/mol. The molecule has 6 fully saturated rings. The van der Waals surface area contributed by atoms with Crippen molar-refractivity contribution in [1.29, 1.82) is 0 Å². The van der Waals surface area contributed by atoms with Gasteiger partial charge in [-0.1, -0.05) is 6.42 Å². The molecule has 158 valence electrons. The minimum Gasteiger partial charge on any atom is -0.314 e. The Labute approximate surface area is 172 Å². The summed E-state index contributed by atoms with van der Waals surface area (Å²) in [5.41, 5.74) is 2.57. The van der Waals surface area contributed by atoms with Crippen molar-refractivity contribution in [1.82, 2.24) is 15.5 Å². The topological polar surface area (TPSA) is 27.3 Å². The molecule has 0 bridgehead atoms. The largest absolute Gasteiger partial charge is 0.314 e. The molecule has 0 amide bonds. The van der Waals surface area contributed by atoms with Gasteiger partial charge in [-0.3, -0.25) is 4.90 Å². The predicted octanol–water partition coefficient (Wildman–Crippen LogP) is 4.46. The molecule has 0 aromatic carbocycles. The lowest BCUT2D eigenvalue weighted by molar-refractivity contribution is -0.00845. The molecule has 3 spiro atoms. The van der Waals surface area contributed by atoms with Gasteiger partial charge in [-0.2, -0.15) is 0 Å². The summed E-state index contributed by atoms with van der Waals surface area (Å²) in [5, 5.41) is 7.81. The van der Waals surface area contributed by atoms with Crippen molar-refractivity contribution in [3.63, 3.8) is 0 Å². The fraction of sp³-hybridized carbons (Fsp3) is 1.00. The molecule has 3 saturated heterocycles. The van der Waals surface area contributed by atoms with E-state index in [9.17, 15) is 0 Å². The Morgan fingerprint density at radius 1 is 0.750 bits per heavy atom. The lowest BCUT2D eigenvalue weighted by Gasteiger charge is -2.52. The first-order valence-electron chi connectivity index (χ1n) is 12.7. The van der Waals surface area contributed by atoms with E-state index < -0.39 is 0 Å². The Kier molecular flexibility index (Phi) is 4.13. The quantitative estimate of drug-likeness (QED) is 0.751. The highest BCUT2D eigenvalue weighted by molar-refractivity contribution is 5.13. The predicted molar refractivity (Wildman–Crippen MR) is 115 cm³/mol. The van der Waals surface area contributed by atoms with Crippen molar-refractivity contribution in [3.8, 4) is 0 Å². The Balaban J connectivity index is 1.22. The van der Waals surface area contributed by atoms with Gasteiger partial charge < -0.3 is 10.6 Å². The third-order valence-electron chi connectivity index (χ3n) is 10.6. The van der Waals surface area contributed by atoms with Crippen molar-refractivity contribution in [2.45, 2.75) is 121 Å². The summed E-state index contributed by atoms with van der Waals surface area (Å²) in [7, 11) is 0. The van der Waals surface area contributed by atoms with Crippen molar-refractivity contribution in [2.24, 2.45) is 16.2 Å². The molecule has 6 rings (SSSR count). The number of hydrogen-bond donors (Lipinski definition) is 2. The van der Waals surface area contributed by atoms with Crippen molar-refractivity contribution < 1.29 is 0 Å². The third kappa shape index (κ3) is 2.94. The molecule has 3 nitrogen and oxygen atoms in total. The van der Waals surface area contributed by atoms with Crippen LogP contribution in [0.1, 0.15) is 97.3 Å². The smallest absolute Gasteiger partial charge is 0.0227 e. The van der Waals surface area contributed by atoms with Gasteiger partial charge in [-0.15, -0.1) is 0 Å². The van der Waals surface area contributed by atoms with Crippen LogP contribution in [0.3, 0.4) is 0 Å². The van der Waals surface area contributed by atoms with Crippen LogP contribution in [-0.2, 0) is 0 Å². The number of nitrogens with one attached hydrogen (secondary N) is 2. The third-order valence-corrected chi connectivity index (χ3v) is 10.6. The van der Waals surface area contributed by atoms with Gasteiger partial charge >= 0.3 is 0 Å². The zero-order chi connectivity index (χ0) is 19.0. The molecule has 3 saturated carbocycles. The molecule has 2 N–H and O–H groups in total. The van der Waals surface area contributed by atoms with Gasteiger partial charge in [-0.25, -0.2) is 0 Å². The molecule has 3 heteroatoms. The molecule has 28 heavy (non-hydrogen) atoms. The van der Waals surface area contributed by atoms with E-state index in [-0.39, 0.29) is 0 Å². The minimum absolute atomic E-state index is 0.496. The van der Waals surface area contributed by atoms with E-state index in [1.54, 1.807) is 0 Å². The second-order valence-corrected chi connectivity index (χ2v) is 12.7. The first kappa shape index (κ1) is 18.6. The molecule has 3 aliphatic heterocycles. The van der Waals surface area contributed by atoms with Gasteiger partial charge in [0, 0.05) is 43.3 Å². The number of hydrogen-bond acceptors (Lipinski definition) is 3. The van der Waals surface area contributed by atoms with E-state index in [1.165, 1.54) is 103 Å². The van der Waals surface area contributed by atoms with Crippen LogP contribution in [0, 0.1) is 16.2 Å². The van der Waals surface area contributed by atoms with Crippen LogP contribution in [0.5, 0.6) is 0 Å². The SMILES string of the molecule is CC1CC2(CCC(CC3CC4(CCC4)CN3)(N3CC4(CC4)CC3C)CC2)CN1. The summed E-state index contributed by atoms with van der Waals surface area (Å²) in [4.78, 5) is 3.08. The van der Waals surface area contributed by atoms with E-state index >= 15 is 0 Å². The standard InChI is InChI=1S/C25H43N3/c1-19-12-23(16-26-19)8-10-25(11-9-23,28-18-24(6-7-24)13-20(28)2)15-21-14-22(17-27-21)4-3-5-22/h19-21,26-27H,3-18H2,1-2H3. The van der Waals surface area contributed by atoms with Gasteiger partial charge in [0.1, 0.15) is 0 Å². The summed E-state index contributed by atoms with van der Waals surface area (Å²) in [6, 6.07) is 2.34. The van der Waals surface area contributed by atoms with Crippen LogP contribution in [0.2, 0.25) is 0 Å². The molecule has 0 radical (unpaired) electrons. The molecule has 6 aliphatic rings. The van der Waals surface area contributed by atoms with Crippen LogP contribution in [-0.4, -0.2) is 48.2 Å². The molecule has 0 aromatic rings. The minimum atomic E-state index is 0.496. The fourth-order valence-electron chi connectivity index (χ4n) is 8.60. The van der Waals surface area contributed by atoms with E-state index in [1.807, 2.05) is 0 Å². The van der Waals surface area contributed by atoms with E-state index in [0.717, 1.165) is 23.5 Å². The summed E-state index contributed by atoms with van der Waals surface area (Å²) >= 11 is 0. The first-order chi connectivity index (χ1) is 13.4. The van der Waals surface area contributed by atoms with E-state index in [0.29, 0.717) is 16.4 Å².